The number of thiophene rings is 1. The van der Waals surface area contributed by atoms with Crippen molar-refractivity contribution in [3.05, 3.63) is 52.2 Å². The Morgan fingerprint density at radius 3 is 2.71 bits per heavy atom. The number of carbonyl (C=O) groups excluding carboxylic acids is 1. The monoisotopic (exact) mass is 303 g/mol. The number of benzene rings is 1. The lowest BCUT2D eigenvalue weighted by Gasteiger charge is -2.40. The van der Waals surface area contributed by atoms with E-state index >= 15 is 0 Å². The predicted octanol–water partition coefficient (Wildman–Crippen LogP) is 2.75. The Hall–Kier alpha value is -1.85. The van der Waals surface area contributed by atoms with Crippen molar-refractivity contribution >= 4 is 17.2 Å². The van der Waals surface area contributed by atoms with E-state index in [0.717, 1.165) is 10.6 Å². The summed E-state index contributed by atoms with van der Waals surface area (Å²) in [6.07, 6.45) is -0.809. The topological polar surface area (TPSA) is 58.6 Å². The number of ether oxygens (including phenoxy) is 1. The van der Waals surface area contributed by atoms with E-state index in [4.69, 9.17) is 4.74 Å². The lowest BCUT2D eigenvalue weighted by atomic mass is 9.90. The summed E-state index contributed by atoms with van der Waals surface area (Å²) >= 11 is 1.48. The second-order valence-corrected chi connectivity index (χ2v) is 6.56. The molecule has 5 heteroatoms. The molecule has 3 rings (SSSR count). The molecule has 0 saturated heterocycles. The minimum atomic E-state index is -0.809. The van der Waals surface area contributed by atoms with E-state index in [9.17, 15) is 9.90 Å². The van der Waals surface area contributed by atoms with Gasteiger partial charge in [-0.1, -0.05) is 18.2 Å². The summed E-state index contributed by atoms with van der Waals surface area (Å²) in [6.45, 7) is 3.64. The van der Waals surface area contributed by atoms with E-state index in [-0.39, 0.29) is 5.91 Å². The molecular weight excluding hydrogens is 286 g/mol. The quantitative estimate of drug-likeness (QED) is 0.897. The van der Waals surface area contributed by atoms with Gasteiger partial charge in [0, 0.05) is 5.56 Å². The molecule has 1 amide bonds. The fourth-order valence-electron chi connectivity index (χ4n) is 2.47. The molecule has 0 fully saturated rings. The molecule has 2 atom stereocenters. The van der Waals surface area contributed by atoms with Crippen LogP contribution in [0.3, 0.4) is 0 Å². The van der Waals surface area contributed by atoms with Crippen LogP contribution in [0.4, 0.5) is 0 Å². The maximum absolute atomic E-state index is 12.3. The molecule has 110 valence electrons. The lowest BCUT2D eigenvalue weighted by Crippen LogP contribution is -2.53. The number of nitrogens with one attached hydrogen (secondary N) is 1. The molecule has 0 bridgehead atoms. The first-order valence-electron chi connectivity index (χ1n) is 6.79. The Morgan fingerprint density at radius 1 is 1.29 bits per heavy atom. The summed E-state index contributed by atoms with van der Waals surface area (Å²) in [6, 6.07) is 10.4. The standard InChI is InChI=1S/C16H17NO3S/c1-16(2)14(18)12(13-11(20-16)8-9-21-13)17-15(19)10-6-4-3-5-7-10/h3-9,12,14,18H,1-2H3,(H,17,19)/t12-,14+/m1/s1. The van der Waals surface area contributed by atoms with E-state index in [1.54, 1.807) is 12.1 Å². The third kappa shape index (κ3) is 2.54. The molecule has 0 aliphatic carbocycles. The molecule has 1 aliphatic heterocycles. The smallest absolute Gasteiger partial charge is 0.251 e. The fraction of sp³-hybridized carbons (Fsp3) is 0.312. The predicted molar refractivity (Wildman–Crippen MR) is 81.7 cm³/mol. The summed E-state index contributed by atoms with van der Waals surface area (Å²) in [5, 5.41) is 15.4. The molecule has 2 N–H and O–H groups in total. The third-order valence-corrected chi connectivity index (χ3v) is 4.64. The molecule has 1 aromatic carbocycles. The summed E-state index contributed by atoms with van der Waals surface area (Å²) in [5.74, 6) is 0.533. The van der Waals surface area contributed by atoms with E-state index < -0.39 is 17.7 Å². The zero-order valence-electron chi connectivity index (χ0n) is 11.9. The van der Waals surface area contributed by atoms with Crippen LogP contribution >= 0.6 is 11.3 Å². The van der Waals surface area contributed by atoms with Gasteiger partial charge >= 0.3 is 0 Å². The zero-order chi connectivity index (χ0) is 15.0. The van der Waals surface area contributed by atoms with Crippen LogP contribution in [0, 0.1) is 0 Å². The van der Waals surface area contributed by atoms with Gasteiger partial charge in [-0.3, -0.25) is 4.79 Å². The molecular formula is C16H17NO3S. The van der Waals surface area contributed by atoms with Gasteiger partial charge in [-0.05, 0) is 37.4 Å². The minimum absolute atomic E-state index is 0.197. The number of fused-ring (bicyclic) bond motifs is 1. The summed E-state index contributed by atoms with van der Waals surface area (Å²) in [7, 11) is 0. The Balaban J connectivity index is 1.89. The van der Waals surface area contributed by atoms with Crippen molar-refractivity contribution < 1.29 is 14.6 Å². The van der Waals surface area contributed by atoms with Crippen molar-refractivity contribution in [2.24, 2.45) is 0 Å². The average Bonchev–Trinajstić information content (AvgIpc) is 2.91. The van der Waals surface area contributed by atoms with Crippen molar-refractivity contribution in [2.45, 2.75) is 31.6 Å². The first kappa shape index (κ1) is 14.1. The Kier molecular flexibility index (Phi) is 3.47. The van der Waals surface area contributed by atoms with Crippen LogP contribution in [0.15, 0.2) is 41.8 Å². The van der Waals surface area contributed by atoms with E-state index in [2.05, 4.69) is 5.32 Å². The van der Waals surface area contributed by atoms with Gasteiger partial charge in [0.25, 0.3) is 5.91 Å². The number of aliphatic hydroxyl groups is 1. The number of amides is 1. The number of hydrogen-bond donors (Lipinski definition) is 2. The van der Waals surface area contributed by atoms with Crippen molar-refractivity contribution in [2.75, 3.05) is 0 Å². The average molecular weight is 303 g/mol. The summed E-state index contributed by atoms with van der Waals surface area (Å²) < 4.78 is 5.80. The highest BCUT2D eigenvalue weighted by Gasteiger charge is 2.44. The van der Waals surface area contributed by atoms with Crippen molar-refractivity contribution in [1.82, 2.24) is 5.32 Å². The second kappa shape index (κ2) is 5.16. The Morgan fingerprint density at radius 2 is 2.00 bits per heavy atom. The molecule has 4 nitrogen and oxygen atoms in total. The lowest BCUT2D eigenvalue weighted by molar-refractivity contribution is -0.0611. The fourth-order valence-corrected chi connectivity index (χ4v) is 3.37. The highest BCUT2D eigenvalue weighted by atomic mass is 32.1. The molecule has 0 spiro atoms. The second-order valence-electron chi connectivity index (χ2n) is 5.62. The van der Waals surface area contributed by atoms with Crippen LogP contribution in [0.2, 0.25) is 0 Å². The van der Waals surface area contributed by atoms with Crippen molar-refractivity contribution in [3.8, 4) is 5.75 Å². The van der Waals surface area contributed by atoms with Gasteiger partial charge in [-0.25, -0.2) is 0 Å². The van der Waals surface area contributed by atoms with Crippen LogP contribution in [0.5, 0.6) is 5.75 Å². The van der Waals surface area contributed by atoms with Gasteiger partial charge in [0.15, 0.2) is 0 Å². The number of rotatable bonds is 2. The van der Waals surface area contributed by atoms with Gasteiger partial charge in [0.05, 0.1) is 10.9 Å². The Labute approximate surface area is 127 Å². The normalized spacial score (nSPS) is 23.0. The Bertz CT molecular complexity index is 651. The molecule has 2 heterocycles. The van der Waals surface area contributed by atoms with Gasteiger partial charge < -0.3 is 15.2 Å². The molecule has 0 unspecified atom stereocenters. The molecule has 0 radical (unpaired) electrons. The van der Waals surface area contributed by atoms with Gasteiger partial charge in [0.2, 0.25) is 0 Å². The highest BCUT2D eigenvalue weighted by Crippen LogP contribution is 2.42. The van der Waals surface area contributed by atoms with Crippen LogP contribution in [0.1, 0.15) is 35.1 Å². The van der Waals surface area contributed by atoms with Crippen LogP contribution in [-0.2, 0) is 0 Å². The van der Waals surface area contributed by atoms with E-state index in [1.807, 2.05) is 43.5 Å². The van der Waals surface area contributed by atoms with Gasteiger partial charge in [-0.15, -0.1) is 11.3 Å². The maximum atomic E-state index is 12.3. The highest BCUT2D eigenvalue weighted by molar-refractivity contribution is 7.10. The molecule has 1 aliphatic rings. The minimum Gasteiger partial charge on any atom is -0.484 e. The summed E-state index contributed by atoms with van der Waals surface area (Å²) in [4.78, 5) is 13.2. The molecule has 1 aromatic heterocycles. The molecule has 21 heavy (non-hydrogen) atoms. The molecule has 2 aromatic rings. The van der Waals surface area contributed by atoms with Crippen LogP contribution in [0.25, 0.3) is 0 Å². The largest absolute Gasteiger partial charge is 0.484 e. The van der Waals surface area contributed by atoms with E-state index in [0.29, 0.717) is 5.56 Å². The number of hydrogen-bond acceptors (Lipinski definition) is 4. The zero-order valence-corrected chi connectivity index (χ0v) is 12.7. The SMILES string of the molecule is CC1(C)Oc2ccsc2[C@@H](NC(=O)c2ccccc2)[C@@H]1O. The van der Waals surface area contributed by atoms with E-state index in [1.165, 1.54) is 11.3 Å². The van der Waals surface area contributed by atoms with Crippen LogP contribution < -0.4 is 10.1 Å². The van der Waals surface area contributed by atoms with Crippen molar-refractivity contribution in [3.63, 3.8) is 0 Å². The van der Waals surface area contributed by atoms with Gasteiger partial charge in [-0.2, -0.15) is 0 Å². The maximum Gasteiger partial charge on any atom is 0.251 e. The third-order valence-electron chi connectivity index (χ3n) is 3.66. The van der Waals surface area contributed by atoms with Crippen molar-refractivity contribution in [1.29, 1.82) is 0 Å². The summed E-state index contributed by atoms with van der Waals surface area (Å²) in [5.41, 5.74) is -0.171. The van der Waals surface area contributed by atoms with Gasteiger partial charge in [0.1, 0.15) is 17.5 Å². The molecule has 0 saturated carbocycles. The van der Waals surface area contributed by atoms with Crippen LogP contribution in [-0.4, -0.2) is 22.7 Å². The number of carbonyl (C=O) groups is 1. The first-order chi connectivity index (χ1) is 9.99. The number of aliphatic hydroxyl groups excluding tert-OH is 1. The first-order valence-corrected chi connectivity index (χ1v) is 7.67.